The van der Waals surface area contributed by atoms with Crippen LogP contribution in [0.3, 0.4) is 0 Å². The van der Waals surface area contributed by atoms with E-state index in [0.29, 0.717) is 17.9 Å². The van der Waals surface area contributed by atoms with Crippen molar-refractivity contribution in [3.05, 3.63) is 0 Å². The first kappa shape index (κ1) is 13.3. The van der Waals surface area contributed by atoms with Gasteiger partial charge in [-0.1, -0.05) is 13.8 Å². The molecule has 0 aromatic heterocycles. The van der Waals surface area contributed by atoms with Gasteiger partial charge in [0.1, 0.15) is 0 Å². The van der Waals surface area contributed by atoms with Gasteiger partial charge in [0.25, 0.3) is 0 Å². The highest BCUT2D eigenvalue weighted by molar-refractivity contribution is 4.91. The summed E-state index contributed by atoms with van der Waals surface area (Å²) < 4.78 is 11.6. The number of rotatable bonds is 4. The van der Waals surface area contributed by atoms with E-state index >= 15 is 0 Å². The van der Waals surface area contributed by atoms with Crippen molar-refractivity contribution in [2.24, 2.45) is 17.1 Å². The summed E-state index contributed by atoms with van der Waals surface area (Å²) in [5.41, 5.74) is 6.38. The SMILES string of the molecule is CC1(C)CCC(CN)(OCC2CCOC2)CC1. The third kappa shape index (κ3) is 3.43. The van der Waals surface area contributed by atoms with Crippen molar-refractivity contribution in [3.8, 4) is 0 Å². The van der Waals surface area contributed by atoms with Gasteiger partial charge >= 0.3 is 0 Å². The van der Waals surface area contributed by atoms with Gasteiger partial charge < -0.3 is 15.2 Å². The molecule has 0 bridgehead atoms. The second-order valence-electron chi connectivity index (χ2n) is 6.59. The quantitative estimate of drug-likeness (QED) is 0.821. The van der Waals surface area contributed by atoms with E-state index in [9.17, 15) is 0 Å². The van der Waals surface area contributed by atoms with Gasteiger partial charge in [-0.2, -0.15) is 0 Å². The molecular weight excluding hydrogens is 214 g/mol. The topological polar surface area (TPSA) is 44.5 Å². The minimum atomic E-state index is -0.0435. The second-order valence-corrected chi connectivity index (χ2v) is 6.59. The number of hydrogen-bond acceptors (Lipinski definition) is 3. The van der Waals surface area contributed by atoms with E-state index in [1.807, 2.05) is 0 Å². The molecule has 3 heteroatoms. The van der Waals surface area contributed by atoms with E-state index in [0.717, 1.165) is 39.1 Å². The van der Waals surface area contributed by atoms with Gasteiger partial charge in [-0.25, -0.2) is 0 Å². The highest BCUT2D eigenvalue weighted by Crippen LogP contribution is 2.41. The van der Waals surface area contributed by atoms with Crippen LogP contribution in [0.4, 0.5) is 0 Å². The smallest absolute Gasteiger partial charge is 0.0804 e. The molecule has 0 amide bonds. The zero-order chi connectivity index (χ0) is 12.4. The summed E-state index contributed by atoms with van der Waals surface area (Å²) in [6.07, 6.45) is 5.83. The first-order chi connectivity index (χ1) is 8.05. The van der Waals surface area contributed by atoms with Crippen LogP contribution in [0.15, 0.2) is 0 Å². The Hall–Kier alpha value is -0.120. The largest absolute Gasteiger partial charge is 0.381 e. The Balaban J connectivity index is 1.82. The summed E-state index contributed by atoms with van der Waals surface area (Å²) >= 11 is 0. The molecule has 0 spiro atoms. The second kappa shape index (κ2) is 5.25. The van der Waals surface area contributed by atoms with Crippen LogP contribution in [-0.2, 0) is 9.47 Å². The molecule has 17 heavy (non-hydrogen) atoms. The molecule has 1 aliphatic heterocycles. The van der Waals surface area contributed by atoms with Crippen molar-refractivity contribution in [1.29, 1.82) is 0 Å². The molecule has 2 aliphatic rings. The highest BCUT2D eigenvalue weighted by atomic mass is 16.5. The molecule has 1 saturated carbocycles. The van der Waals surface area contributed by atoms with Gasteiger partial charge in [0.15, 0.2) is 0 Å². The lowest BCUT2D eigenvalue weighted by Crippen LogP contribution is -2.46. The maximum atomic E-state index is 6.19. The fraction of sp³-hybridized carbons (Fsp3) is 1.00. The molecule has 0 aromatic rings. The standard InChI is InChI=1S/C14H27NO2/c1-13(2)4-6-14(11-15,7-5-13)17-10-12-3-8-16-9-12/h12H,3-11,15H2,1-2H3. The van der Waals surface area contributed by atoms with Crippen molar-refractivity contribution >= 4 is 0 Å². The van der Waals surface area contributed by atoms with Crippen molar-refractivity contribution in [2.45, 2.75) is 51.6 Å². The molecule has 2 N–H and O–H groups in total. The molecule has 0 radical (unpaired) electrons. The molecule has 0 aromatic carbocycles. The van der Waals surface area contributed by atoms with E-state index in [-0.39, 0.29) is 5.60 Å². The van der Waals surface area contributed by atoms with E-state index in [1.54, 1.807) is 0 Å². The van der Waals surface area contributed by atoms with Gasteiger partial charge in [-0.3, -0.25) is 0 Å². The first-order valence-electron chi connectivity index (χ1n) is 6.97. The summed E-state index contributed by atoms with van der Waals surface area (Å²) in [6, 6.07) is 0. The van der Waals surface area contributed by atoms with Crippen LogP contribution in [0, 0.1) is 11.3 Å². The molecule has 100 valence electrons. The van der Waals surface area contributed by atoms with E-state index in [2.05, 4.69) is 13.8 Å². The van der Waals surface area contributed by atoms with Gasteiger partial charge in [0, 0.05) is 19.1 Å². The minimum absolute atomic E-state index is 0.0435. The Morgan fingerprint density at radius 3 is 2.47 bits per heavy atom. The fourth-order valence-electron chi connectivity index (χ4n) is 2.80. The summed E-state index contributed by atoms with van der Waals surface area (Å²) in [6.45, 7) is 7.95. The van der Waals surface area contributed by atoms with Crippen LogP contribution >= 0.6 is 0 Å². The van der Waals surface area contributed by atoms with Gasteiger partial charge in [-0.05, 0) is 37.5 Å². The lowest BCUT2D eigenvalue weighted by molar-refractivity contribution is -0.0929. The minimum Gasteiger partial charge on any atom is -0.381 e. The molecule has 2 rings (SSSR count). The average Bonchev–Trinajstić information content (AvgIpc) is 2.82. The first-order valence-corrected chi connectivity index (χ1v) is 6.97. The van der Waals surface area contributed by atoms with Crippen LogP contribution in [-0.4, -0.2) is 32.0 Å². The van der Waals surface area contributed by atoms with Crippen molar-refractivity contribution < 1.29 is 9.47 Å². The van der Waals surface area contributed by atoms with Crippen LogP contribution in [0.2, 0.25) is 0 Å². The zero-order valence-electron chi connectivity index (χ0n) is 11.3. The van der Waals surface area contributed by atoms with Crippen molar-refractivity contribution in [1.82, 2.24) is 0 Å². The highest BCUT2D eigenvalue weighted by Gasteiger charge is 2.38. The normalized spacial score (nSPS) is 31.6. The maximum Gasteiger partial charge on any atom is 0.0804 e. The van der Waals surface area contributed by atoms with Crippen LogP contribution in [0.5, 0.6) is 0 Å². The van der Waals surface area contributed by atoms with Crippen LogP contribution in [0.1, 0.15) is 46.0 Å². The Kier molecular flexibility index (Phi) is 4.11. The summed E-state index contributed by atoms with van der Waals surface area (Å²) in [7, 11) is 0. The third-order valence-electron chi connectivity index (χ3n) is 4.54. The lowest BCUT2D eigenvalue weighted by Gasteiger charge is -2.43. The summed E-state index contributed by atoms with van der Waals surface area (Å²) in [5.74, 6) is 0.591. The molecule has 1 unspecified atom stereocenters. The number of hydrogen-bond donors (Lipinski definition) is 1. The molecule has 2 fully saturated rings. The Morgan fingerprint density at radius 2 is 1.94 bits per heavy atom. The van der Waals surface area contributed by atoms with Crippen molar-refractivity contribution in [2.75, 3.05) is 26.4 Å². The molecule has 1 saturated heterocycles. The van der Waals surface area contributed by atoms with E-state index in [1.165, 1.54) is 12.8 Å². The van der Waals surface area contributed by atoms with E-state index in [4.69, 9.17) is 15.2 Å². The lowest BCUT2D eigenvalue weighted by atomic mass is 9.71. The fourth-order valence-corrected chi connectivity index (χ4v) is 2.80. The van der Waals surface area contributed by atoms with E-state index < -0.39 is 0 Å². The maximum absolute atomic E-state index is 6.19. The molecule has 1 aliphatic carbocycles. The van der Waals surface area contributed by atoms with Gasteiger partial charge in [0.2, 0.25) is 0 Å². The Bertz CT molecular complexity index is 237. The monoisotopic (exact) mass is 241 g/mol. The molecular formula is C14H27NO2. The summed E-state index contributed by atoms with van der Waals surface area (Å²) in [5, 5.41) is 0. The third-order valence-corrected chi connectivity index (χ3v) is 4.54. The van der Waals surface area contributed by atoms with Gasteiger partial charge in [-0.15, -0.1) is 0 Å². The van der Waals surface area contributed by atoms with Crippen molar-refractivity contribution in [3.63, 3.8) is 0 Å². The predicted octanol–water partition coefficient (Wildman–Crippen LogP) is 2.34. The number of nitrogens with two attached hydrogens (primary N) is 1. The molecule has 1 atom stereocenters. The van der Waals surface area contributed by atoms with Crippen LogP contribution < -0.4 is 5.73 Å². The predicted molar refractivity (Wildman–Crippen MR) is 68.9 cm³/mol. The zero-order valence-corrected chi connectivity index (χ0v) is 11.3. The Labute approximate surface area is 105 Å². The molecule has 1 heterocycles. The Morgan fingerprint density at radius 1 is 1.24 bits per heavy atom. The average molecular weight is 241 g/mol. The number of ether oxygens (including phenoxy) is 2. The van der Waals surface area contributed by atoms with Crippen LogP contribution in [0.25, 0.3) is 0 Å². The summed E-state index contributed by atoms with van der Waals surface area (Å²) in [4.78, 5) is 0. The molecule has 3 nitrogen and oxygen atoms in total. The van der Waals surface area contributed by atoms with Gasteiger partial charge in [0.05, 0.1) is 18.8 Å².